The average molecular weight is 228 g/mol. The number of aromatic nitrogens is 2. The molecule has 2 aromatic rings. The molecule has 1 aromatic heterocycles. The fourth-order valence-corrected chi connectivity index (χ4v) is 1.65. The van der Waals surface area contributed by atoms with E-state index in [1.807, 2.05) is 24.3 Å². The van der Waals surface area contributed by atoms with Crippen molar-refractivity contribution in [1.82, 2.24) is 14.9 Å². The maximum Gasteiger partial charge on any atom is 0.236 e. The second kappa shape index (κ2) is 4.66. The van der Waals surface area contributed by atoms with E-state index in [2.05, 4.69) is 9.97 Å². The van der Waals surface area contributed by atoms with Gasteiger partial charge in [-0.2, -0.15) is 5.26 Å². The third kappa shape index (κ3) is 2.42. The first-order chi connectivity index (χ1) is 8.20. The molecule has 0 radical (unpaired) electrons. The maximum absolute atomic E-state index is 11.4. The molecule has 5 heteroatoms. The molecule has 0 atom stereocenters. The quantitative estimate of drug-likeness (QED) is 0.863. The molecule has 1 amide bonds. The number of carbonyl (C=O) groups excluding carboxylic acids is 1. The molecule has 0 aliphatic heterocycles. The predicted octanol–water partition coefficient (Wildman–Crippen LogP) is 1.43. The third-order valence-electron chi connectivity index (χ3n) is 2.56. The Hall–Kier alpha value is -2.35. The first kappa shape index (κ1) is 11.1. The van der Waals surface area contributed by atoms with Gasteiger partial charge in [-0.05, 0) is 17.7 Å². The minimum atomic E-state index is -0.169. The van der Waals surface area contributed by atoms with Crippen LogP contribution in [0, 0.1) is 11.3 Å². The van der Waals surface area contributed by atoms with Crippen molar-refractivity contribution in [2.24, 2.45) is 0 Å². The smallest absolute Gasteiger partial charge is 0.236 e. The van der Waals surface area contributed by atoms with E-state index in [4.69, 9.17) is 5.26 Å². The van der Waals surface area contributed by atoms with Crippen molar-refractivity contribution in [3.05, 3.63) is 30.1 Å². The summed E-state index contributed by atoms with van der Waals surface area (Å²) in [7, 11) is 1.69. The normalized spacial score (nSPS) is 10.1. The van der Waals surface area contributed by atoms with Gasteiger partial charge in [0.15, 0.2) is 0 Å². The van der Waals surface area contributed by atoms with Gasteiger partial charge in [-0.1, -0.05) is 6.07 Å². The Bertz CT molecular complexity index is 581. The van der Waals surface area contributed by atoms with Crippen molar-refractivity contribution in [3.8, 4) is 6.07 Å². The Labute approximate surface area is 98.7 Å². The summed E-state index contributed by atoms with van der Waals surface area (Å²) in [4.78, 5) is 20.1. The molecule has 17 heavy (non-hydrogen) atoms. The van der Waals surface area contributed by atoms with E-state index >= 15 is 0 Å². The van der Waals surface area contributed by atoms with Gasteiger partial charge in [0, 0.05) is 13.6 Å². The Morgan fingerprint density at radius 3 is 3.18 bits per heavy atom. The molecule has 0 saturated heterocycles. The number of amides is 1. The number of nitriles is 1. The molecule has 0 bridgehead atoms. The molecule has 86 valence electrons. The highest BCUT2D eigenvalue weighted by Crippen LogP contribution is 2.13. The summed E-state index contributed by atoms with van der Waals surface area (Å²) in [6, 6.07) is 7.65. The summed E-state index contributed by atoms with van der Waals surface area (Å²) >= 11 is 0. The maximum atomic E-state index is 11.4. The minimum Gasteiger partial charge on any atom is -0.345 e. The first-order valence-corrected chi connectivity index (χ1v) is 5.23. The fraction of sp³-hybridized carbons (Fsp3) is 0.250. The van der Waals surface area contributed by atoms with Crippen LogP contribution in [-0.4, -0.2) is 27.8 Å². The summed E-state index contributed by atoms with van der Waals surface area (Å²) < 4.78 is 0. The minimum absolute atomic E-state index is 0.0806. The van der Waals surface area contributed by atoms with Gasteiger partial charge in [-0.25, -0.2) is 4.98 Å². The van der Waals surface area contributed by atoms with Crippen LogP contribution < -0.4 is 0 Å². The van der Waals surface area contributed by atoms with E-state index in [1.165, 1.54) is 0 Å². The van der Waals surface area contributed by atoms with Crippen molar-refractivity contribution < 1.29 is 4.79 Å². The van der Waals surface area contributed by atoms with Gasteiger partial charge in [0.25, 0.3) is 0 Å². The predicted molar refractivity (Wildman–Crippen MR) is 62.8 cm³/mol. The molecule has 0 aliphatic carbocycles. The summed E-state index contributed by atoms with van der Waals surface area (Å²) in [6.45, 7) is 0.496. The van der Waals surface area contributed by atoms with Crippen LogP contribution in [0.4, 0.5) is 0 Å². The van der Waals surface area contributed by atoms with Crippen LogP contribution in [0.25, 0.3) is 11.0 Å². The zero-order valence-electron chi connectivity index (χ0n) is 9.47. The number of H-pyrrole nitrogens is 1. The monoisotopic (exact) mass is 228 g/mol. The number of fused-ring (bicyclic) bond motifs is 1. The van der Waals surface area contributed by atoms with E-state index in [1.54, 1.807) is 18.3 Å². The van der Waals surface area contributed by atoms with Crippen LogP contribution in [0.15, 0.2) is 24.5 Å². The molecule has 0 fully saturated rings. The second-order valence-electron chi connectivity index (χ2n) is 3.84. The molecule has 5 nitrogen and oxygen atoms in total. The summed E-state index contributed by atoms with van der Waals surface area (Å²) in [5.41, 5.74) is 2.86. The number of benzene rings is 1. The molecule has 0 aliphatic rings. The molecular weight excluding hydrogens is 216 g/mol. The van der Waals surface area contributed by atoms with Crippen molar-refractivity contribution in [2.75, 3.05) is 7.05 Å². The first-order valence-electron chi connectivity index (χ1n) is 5.23. The van der Waals surface area contributed by atoms with Crippen molar-refractivity contribution in [3.63, 3.8) is 0 Å². The molecule has 1 heterocycles. The van der Waals surface area contributed by atoms with E-state index in [0.29, 0.717) is 6.54 Å². The number of hydrogen-bond acceptors (Lipinski definition) is 3. The van der Waals surface area contributed by atoms with Crippen LogP contribution in [0.5, 0.6) is 0 Å². The van der Waals surface area contributed by atoms with Crippen LogP contribution in [0.2, 0.25) is 0 Å². The van der Waals surface area contributed by atoms with E-state index < -0.39 is 0 Å². The summed E-state index contributed by atoms with van der Waals surface area (Å²) in [5, 5.41) is 8.45. The van der Waals surface area contributed by atoms with Gasteiger partial charge in [-0.15, -0.1) is 0 Å². The van der Waals surface area contributed by atoms with Gasteiger partial charge in [0.1, 0.15) is 6.42 Å². The van der Waals surface area contributed by atoms with E-state index in [9.17, 15) is 4.79 Å². The Balaban J connectivity index is 2.12. The number of nitrogens with zero attached hydrogens (tertiary/aromatic N) is 3. The lowest BCUT2D eigenvalue weighted by Gasteiger charge is -2.15. The number of carbonyl (C=O) groups is 1. The number of rotatable bonds is 3. The van der Waals surface area contributed by atoms with E-state index in [0.717, 1.165) is 16.6 Å². The Morgan fingerprint density at radius 1 is 1.59 bits per heavy atom. The highest BCUT2D eigenvalue weighted by atomic mass is 16.2. The summed E-state index contributed by atoms with van der Waals surface area (Å²) in [5.74, 6) is -0.169. The zero-order chi connectivity index (χ0) is 12.3. The van der Waals surface area contributed by atoms with Gasteiger partial charge in [0.05, 0.1) is 23.4 Å². The number of aromatic amines is 1. The molecule has 0 saturated carbocycles. The van der Waals surface area contributed by atoms with Gasteiger partial charge >= 0.3 is 0 Å². The lowest BCUT2D eigenvalue weighted by Crippen LogP contribution is -2.25. The molecule has 1 N–H and O–H groups in total. The second-order valence-corrected chi connectivity index (χ2v) is 3.84. The molecule has 0 spiro atoms. The van der Waals surface area contributed by atoms with Crippen LogP contribution in [-0.2, 0) is 11.3 Å². The van der Waals surface area contributed by atoms with Crippen LogP contribution >= 0.6 is 0 Å². The molecule has 0 unspecified atom stereocenters. The average Bonchev–Trinajstić information content (AvgIpc) is 2.76. The summed E-state index contributed by atoms with van der Waals surface area (Å²) in [6.07, 6.45) is 1.56. The van der Waals surface area contributed by atoms with Crippen molar-refractivity contribution in [2.45, 2.75) is 13.0 Å². The Kier molecular flexibility index (Phi) is 3.06. The lowest BCUT2D eigenvalue weighted by molar-refractivity contribution is -0.129. The van der Waals surface area contributed by atoms with Gasteiger partial charge in [-0.3, -0.25) is 4.79 Å². The highest BCUT2D eigenvalue weighted by Gasteiger charge is 2.08. The zero-order valence-corrected chi connectivity index (χ0v) is 9.47. The van der Waals surface area contributed by atoms with Crippen LogP contribution in [0.3, 0.4) is 0 Å². The number of nitrogens with one attached hydrogen (secondary N) is 1. The van der Waals surface area contributed by atoms with Gasteiger partial charge < -0.3 is 9.88 Å². The van der Waals surface area contributed by atoms with Crippen molar-refractivity contribution in [1.29, 1.82) is 5.26 Å². The number of hydrogen-bond donors (Lipinski definition) is 1. The van der Waals surface area contributed by atoms with E-state index in [-0.39, 0.29) is 12.3 Å². The topological polar surface area (TPSA) is 72.8 Å². The lowest BCUT2D eigenvalue weighted by atomic mass is 10.2. The van der Waals surface area contributed by atoms with Gasteiger partial charge in [0.2, 0.25) is 5.91 Å². The van der Waals surface area contributed by atoms with Crippen LogP contribution in [0.1, 0.15) is 12.0 Å². The Morgan fingerprint density at radius 2 is 2.41 bits per heavy atom. The number of imidazole rings is 1. The highest BCUT2D eigenvalue weighted by molar-refractivity contribution is 5.78. The third-order valence-corrected chi connectivity index (χ3v) is 2.56. The molecule has 1 aromatic carbocycles. The molecule has 2 rings (SSSR count). The standard InChI is InChI=1S/C12H12N4O/c1-16(12(17)4-5-13)7-9-2-3-10-11(6-9)15-8-14-10/h2-3,6,8H,4,7H2,1H3,(H,14,15). The van der Waals surface area contributed by atoms with Crippen molar-refractivity contribution >= 4 is 16.9 Å². The SMILES string of the molecule is CN(Cc1ccc2nc[nH]c2c1)C(=O)CC#N. The molecular formula is C12H12N4O. The fourth-order valence-electron chi connectivity index (χ4n) is 1.65. The largest absolute Gasteiger partial charge is 0.345 e.